The van der Waals surface area contributed by atoms with Crippen molar-refractivity contribution in [2.24, 2.45) is 0 Å². The topological polar surface area (TPSA) is 67.9 Å². The van der Waals surface area contributed by atoms with E-state index < -0.39 is 0 Å². The van der Waals surface area contributed by atoms with Gasteiger partial charge < -0.3 is 19.7 Å². The van der Waals surface area contributed by atoms with Crippen molar-refractivity contribution in [1.82, 2.24) is 10.2 Å². The van der Waals surface area contributed by atoms with E-state index in [0.29, 0.717) is 17.9 Å². The summed E-state index contributed by atoms with van der Waals surface area (Å²) in [6, 6.07) is 7.43. The predicted octanol–water partition coefficient (Wildman–Crippen LogP) is 2.76. The Kier molecular flexibility index (Phi) is 6.72. The molecule has 0 aliphatic carbocycles. The van der Waals surface area contributed by atoms with Crippen molar-refractivity contribution in [1.29, 1.82) is 0 Å². The quantitative estimate of drug-likeness (QED) is 0.831. The largest absolute Gasteiger partial charge is 0.484 e. The number of ether oxygens (including phenoxy) is 2. The Morgan fingerprint density at radius 2 is 1.81 bits per heavy atom. The van der Waals surface area contributed by atoms with E-state index in [0.717, 1.165) is 32.3 Å². The second-order valence-corrected chi connectivity index (χ2v) is 7.59. The first-order valence-corrected chi connectivity index (χ1v) is 9.98. The monoisotopic (exact) mass is 374 g/mol. The third-order valence-electron chi connectivity index (χ3n) is 5.47. The average Bonchev–Trinajstić information content (AvgIpc) is 3.18. The Hall–Kier alpha value is -2.08. The minimum absolute atomic E-state index is 0.0214. The number of carbonyl (C=O) groups is 2. The van der Waals surface area contributed by atoms with Crippen LogP contribution < -0.4 is 10.1 Å². The van der Waals surface area contributed by atoms with Gasteiger partial charge >= 0.3 is 0 Å². The van der Waals surface area contributed by atoms with Gasteiger partial charge in [-0.05, 0) is 70.2 Å². The van der Waals surface area contributed by atoms with Gasteiger partial charge in [-0.1, -0.05) is 0 Å². The highest BCUT2D eigenvalue weighted by molar-refractivity contribution is 5.94. The molecule has 0 bridgehead atoms. The van der Waals surface area contributed by atoms with Crippen molar-refractivity contribution in [3.63, 3.8) is 0 Å². The smallest absolute Gasteiger partial charge is 0.260 e. The fraction of sp³-hybridized carbons (Fsp3) is 0.619. The maximum Gasteiger partial charge on any atom is 0.260 e. The second kappa shape index (κ2) is 9.22. The summed E-state index contributed by atoms with van der Waals surface area (Å²) in [4.78, 5) is 26.6. The summed E-state index contributed by atoms with van der Waals surface area (Å²) in [7, 11) is 0. The van der Waals surface area contributed by atoms with Gasteiger partial charge in [-0.25, -0.2) is 0 Å². The molecule has 148 valence electrons. The number of benzene rings is 1. The van der Waals surface area contributed by atoms with E-state index in [1.165, 1.54) is 6.42 Å². The van der Waals surface area contributed by atoms with Crippen LogP contribution in [0.5, 0.6) is 5.75 Å². The molecule has 2 heterocycles. The number of rotatable bonds is 6. The fourth-order valence-corrected chi connectivity index (χ4v) is 3.95. The van der Waals surface area contributed by atoms with E-state index in [2.05, 4.69) is 19.2 Å². The number of carbonyl (C=O) groups excluding carboxylic acids is 2. The molecule has 0 unspecified atom stereocenters. The van der Waals surface area contributed by atoms with Crippen molar-refractivity contribution in [3.8, 4) is 5.75 Å². The van der Waals surface area contributed by atoms with Crippen molar-refractivity contribution >= 4 is 11.8 Å². The first-order valence-electron chi connectivity index (χ1n) is 9.98. The Balaban J connectivity index is 1.47. The number of nitrogens with zero attached hydrogens (tertiary/aromatic N) is 1. The highest BCUT2D eigenvalue weighted by atomic mass is 16.5. The molecule has 0 aromatic heterocycles. The zero-order valence-corrected chi connectivity index (χ0v) is 16.3. The summed E-state index contributed by atoms with van der Waals surface area (Å²) in [5.74, 6) is 0.494. The van der Waals surface area contributed by atoms with E-state index in [1.807, 2.05) is 4.90 Å². The molecule has 1 aromatic carbocycles. The molecule has 2 saturated heterocycles. The van der Waals surface area contributed by atoms with Crippen molar-refractivity contribution < 1.29 is 19.1 Å². The molecule has 0 saturated carbocycles. The summed E-state index contributed by atoms with van der Waals surface area (Å²) in [6.45, 7) is 5.53. The SMILES string of the molecule is C[C@@H]1CCC[C@@H](C)N1C(=O)COc1ccc(C(=O)NC[C@@H]2CCCO2)cc1. The van der Waals surface area contributed by atoms with E-state index >= 15 is 0 Å². The van der Waals surface area contributed by atoms with Crippen molar-refractivity contribution in [2.45, 2.75) is 64.1 Å². The van der Waals surface area contributed by atoms with Gasteiger partial charge in [0.25, 0.3) is 11.8 Å². The molecular weight excluding hydrogens is 344 g/mol. The standard InChI is InChI=1S/C21H30N2O4/c1-15-5-3-6-16(2)23(15)20(24)14-27-18-10-8-17(9-11-18)21(25)22-13-19-7-4-12-26-19/h8-11,15-16,19H,3-7,12-14H2,1-2H3,(H,22,25)/t15-,16-,19+/m1/s1. The van der Waals surface area contributed by atoms with Crippen LogP contribution >= 0.6 is 0 Å². The van der Waals surface area contributed by atoms with Crippen molar-refractivity contribution in [2.75, 3.05) is 19.8 Å². The molecule has 2 aliphatic rings. The van der Waals surface area contributed by atoms with Gasteiger partial charge in [-0.2, -0.15) is 0 Å². The molecule has 6 nitrogen and oxygen atoms in total. The minimum Gasteiger partial charge on any atom is -0.484 e. The van der Waals surface area contributed by atoms with E-state index in [9.17, 15) is 9.59 Å². The first kappa shape index (κ1) is 19.7. The zero-order valence-electron chi connectivity index (χ0n) is 16.3. The average molecular weight is 374 g/mol. The molecule has 2 fully saturated rings. The number of hydrogen-bond donors (Lipinski definition) is 1. The maximum absolute atomic E-state index is 12.5. The van der Waals surface area contributed by atoms with Gasteiger partial charge in [0.15, 0.2) is 6.61 Å². The van der Waals surface area contributed by atoms with Crippen LogP contribution in [0.2, 0.25) is 0 Å². The van der Waals surface area contributed by atoms with Crippen LogP contribution in [0.25, 0.3) is 0 Å². The van der Waals surface area contributed by atoms with Crippen LogP contribution in [-0.2, 0) is 9.53 Å². The fourth-order valence-electron chi connectivity index (χ4n) is 3.95. The lowest BCUT2D eigenvalue weighted by Crippen LogP contribution is -2.49. The Morgan fingerprint density at radius 1 is 1.11 bits per heavy atom. The van der Waals surface area contributed by atoms with Gasteiger partial charge in [-0.15, -0.1) is 0 Å². The first-order chi connectivity index (χ1) is 13.0. The van der Waals surface area contributed by atoms with E-state index in [1.54, 1.807) is 24.3 Å². The highest BCUT2D eigenvalue weighted by Gasteiger charge is 2.29. The van der Waals surface area contributed by atoms with Crippen LogP contribution in [0, 0.1) is 0 Å². The molecule has 3 rings (SSSR count). The molecule has 6 heteroatoms. The number of amides is 2. The van der Waals surface area contributed by atoms with Gasteiger partial charge in [0.2, 0.25) is 0 Å². The number of nitrogens with one attached hydrogen (secondary N) is 1. The van der Waals surface area contributed by atoms with E-state index in [4.69, 9.17) is 9.47 Å². The van der Waals surface area contributed by atoms with Crippen LogP contribution in [0.4, 0.5) is 0 Å². The number of hydrogen-bond acceptors (Lipinski definition) is 4. The summed E-state index contributed by atoms with van der Waals surface area (Å²) < 4.78 is 11.2. The molecule has 2 aliphatic heterocycles. The normalized spacial score (nSPS) is 25.3. The van der Waals surface area contributed by atoms with Gasteiger partial charge in [0.05, 0.1) is 6.10 Å². The molecule has 2 amide bonds. The van der Waals surface area contributed by atoms with Crippen LogP contribution in [-0.4, -0.2) is 54.7 Å². The van der Waals surface area contributed by atoms with Crippen LogP contribution in [0.15, 0.2) is 24.3 Å². The van der Waals surface area contributed by atoms with E-state index in [-0.39, 0.29) is 36.6 Å². The van der Waals surface area contributed by atoms with Gasteiger partial charge in [0.1, 0.15) is 5.75 Å². The summed E-state index contributed by atoms with van der Waals surface area (Å²) in [5, 5.41) is 2.90. The molecule has 1 aromatic rings. The Labute approximate surface area is 161 Å². The van der Waals surface area contributed by atoms with Gasteiger partial charge in [0, 0.05) is 30.8 Å². The summed E-state index contributed by atoms with van der Waals surface area (Å²) in [5.41, 5.74) is 0.574. The lowest BCUT2D eigenvalue weighted by molar-refractivity contribution is -0.139. The number of likely N-dealkylation sites (tertiary alicyclic amines) is 1. The molecule has 0 spiro atoms. The number of piperidine rings is 1. The molecular formula is C21H30N2O4. The maximum atomic E-state index is 12.5. The molecule has 3 atom stereocenters. The van der Waals surface area contributed by atoms with Crippen LogP contribution in [0.1, 0.15) is 56.3 Å². The third kappa shape index (κ3) is 5.22. The Bertz CT molecular complexity index is 630. The minimum atomic E-state index is -0.121. The molecule has 27 heavy (non-hydrogen) atoms. The summed E-state index contributed by atoms with van der Waals surface area (Å²) >= 11 is 0. The summed E-state index contributed by atoms with van der Waals surface area (Å²) in [6.07, 6.45) is 5.44. The Morgan fingerprint density at radius 3 is 2.44 bits per heavy atom. The third-order valence-corrected chi connectivity index (χ3v) is 5.47. The zero-order chi connectivity index (χ0) is 19.2. The molecule has 1 N–H and O–H groups in total. The van der Waals surface area contributed by atoms with Gasteiger partial charge in [-0.3, -0.25) is 9.59 Å². The lowest BCUT2D eigenvalue weighted by atomic mass is 9.97. The predicted molar refractivity (Wildman–Crippen MR) is 103 cm³/mol. The molecule has 0 radical (unpaired) electrons. The second-order valence-electron chi connectivity index (χ2n) is 7.59. The van der Waals surface area contributed by atoms with Crippen molar-refractivity contribution in [3.05, 3.63) is 29.8 Å². The lowest BCUT2D eigenvalue weighted by Gasteiger charge is -2.38. The highest BCUT2D eigenvalue weighted by Crippen LogP contribution is 2.23. The van der Waals surface area contributed by atoms with Crippen LogP contribution in [0.3, 0.4) is 0 Å².